The Morgan fingerprint density at radius 3 is 2.44 bits per heavy atom. The summed E-state index contributed by atoms with van der Waals surface area (Å²) in [5, 5.41) is 17.0. The Morgan fingerprint density at radius 1 is 1.03 bits per heavy atom. The minimum atomic E-state index is -0.284. The first-order chi connectivity index (χ1) is 16.5. The van der Waals surface area contributed by atoms with Crippen LogP contribution in [0.5, 0.6) is 0 Å². The number of nitrogens with one attached hydrogen (secondary N) is 1. The molecule has 1 aliphatic rings. The molecule has 1 fully saturated rings. The molecule has 2 aromatic heterocycles. The maximum absolute atomic E-state index is 13.2. The molecule has 0 radical (unpaired) electrons. The Kier molecular flexibility index (Phi) is 6.15. The van der Waals surface area contributed by atoms with E-state index in [0.29, 0.717) is 16.5 Å². The molecule has 0 spiro atoms. The predicted molar refractivity (Wildman–Crippen MR) is 129 cm³/mol. The highest BCUT2D eigenvalue weighted by molar-refractivity contribution is 6.30. The van der Waals surface area contributed by atoms with Crippen molar-refractivity contribution < 1.29 is 9.18 Å². The third-order valence-corrected chi connectivity index (χ3v) is 6.52. The summed E-state index contributed by atoms with van der Waals surface area (Å²) in [7, 11) is 0. The van der Waals surface area contributed by atoms with Gasteiger partial charge in [0.1, 0.15) is 11.6 Å². The quantitative estimate of drug-likeness (QED) is 0.451. The van der Waals surface area contributed by atoms with Gasteiger partial charge < -0.3 is 10.2 Å². The molecule has 1 aliphatic heterocycles. The number of aromatic nitrogens is 4. The Morgan fingerprint density at radius 2 is 1.74 bits per heavy atom. The number of halogens is 2. The maximum atomic E-state index is 13.2. The second-order valence-corrected chi connectivity index (χ2v) is 8.97. The number of nitrogens with zero attached hydrogens (tertiary/aromatic N) is 5. The fourth-order valence-corrected chi connectivity index (χ4v) is 4.39. The molecule has 0 aliphatic carbocycles. The minimum absolute atomic E-state index is 0.0312. The van der Waals surface area contributed by atoms with Crippen LogP contribution in [-0.4, -0.2) is 38.8 Å². The van der Waals surface area contributed by atoms with Crippen LogP contribution in [0.1, 0.15) is 31.4 Å². The number of fused-ring (bicyclic) bond motifs is 1. The number of benzene rings is 2. The van der Waals surface area contributed by atoms with Gasteiger partial charge in [0.15, 0.2) is 11.5 Å². The largest absolute Gasteiger partial charge is 0.355 e. The summed E-state index contributed by atoms with van der Waals surface area (Å²) in [6, 6.07) is 17.3. The van der Waals surface area contributed by atoms with Gasteiger partial charge in [0.25, 0.3) is 0 Å². The third-order valence-electron chi connectivity index (χ3n) is 6.27. The molecule has 3 heterocycles. The van der Waals surface area contributed by atoms with Crippen LogP contribution in [0, 0.1) is 11.7 Å². The molecule has 34 heavy (non-hydrogen) atoms. The van der Waals surface area contributed by atoms with E-state index in [9.17, 15) is 9.18 Å². The van der Waals surface area contributed by atoms with Crippen LogP contribution in [0.3, 0.4) is 0 Å². The summed E-state index contributed by atoms with van der Waals surface area (Å²) in [6.07, 6.45) is 1.46. The summed E-state index contributed by atoms with van der Waals surface area (Å²) in [5.74, 6) is 1.15. The van der Waals surface area contributed by atoms with Crippen molar-refractivity contribution in [2.75, 3.05) is 18.0 Å². The number of hydrogen-bond donors (Lipinski definition) is 1. The summed E-state index contributed by atoms with van der Waals surface area (Å²) in [4.78, 5) is 15.0. The Hall–Kier alpha value is -3.52. The van der Waals surface area contributed by atoms with E-state index < -0.39 is 0 Å². The lowest BCUT2D eigenvalue weighted by atomic mass is 9.95. The van der Waals surface area contributed by atoms with E-state index >= 15 is 0 Å². The van der Waals surface area contributed by atoms with Crippen molar-refractivity contribution in [2.45, 2.75) is 25.8 Å². The lowest BCUT2D eigenvalue weighted by molar-refractivity contribution is -0.126. The highest BCUT2D eigenvalue weighted by Gasteiger charge is 2.27. The van der Waals surface area contributed by atoms with Crippen molar-refractivity contribution in [1.29, 1.82) is 0 Å². The van der Waals surface area contributed by atoms with Crippen molar-refractivity contribution in [3.05, 3.63) is 77.1 Å². The molecule has 1 saturated heterocycles. The highest BCUT2D eigenvalue weighted by Crippen LogP contribution is 2.25. The van der Waals surface area contributed by atoms with Gasteiger partial charge >= 0.3 is 0 Å². The van der Waals surface area contributed by atoms with Crippen LogP contribution in [0.4, 0.5) is 10.2 Å². The van der Waals surface area contributed by atoms with Gasteiger partial charge in [-0.1, -0.05) is 23.7 Å². The molecule has 1 amide bonds. The number of hydrogen-bond acceptors (Lipinski definition) is 5. The monoisotopic (exact) mass is 478 g/mol. The van der Waals surface area contributed by atoms with E-state index in [-0.39, 0.29) is 23.7 Å². The predicted octanol–water partition coefficient (Wildman–Crippen LogP) is 4.68. The maximum Gasteiger partial charge on any atom is 0.223 e. The van der Waals surface area contributed by atoms with Crippen LogP contribution in [0.2, 0.25) is 5.02 Å². The molecule has 4 aromatic rings. The smallest absolute Gasteiger partial charge is 0.223 e. The van der Waals surface area contributed by atoms with Gasteiger partial charge in [-0.3, -0.25) is 4.79 Å². The zero-order chi connectivity index (χ0) is 23.7. The molecule has 2 aromatic carbocycles. The summed E-state index contributed by atoms with van der Waals surface area (Å²) in [6.45, 7) is 3.36. The molecule has 5 rings (SSSR count). The van der Waals surface area contributed by atoms with Crippen LogP contribution in [0.15, 0.2) is 60.7 Å². The summed E-state index contributed by atoms with van der Waals surface area (Å²) < 4.78 is 14.9. The van der Waals surface area contributed by atoms with Crippen molar-refractivity contribution in [3.8, 4) is 11.4 Å². The van der Waals surface area contributed by atoms with Gasteiger partial charge in [-0.2, -0.15) is 4.52 Å². The Balaban J connectivity index is 1.25. The standard InChI is InChI=1S/C25H24ClFN6O/c1-16(17-4-8-21(27)9-5-17)28-25(34)19-12-14-32(15-13-19)23-11-10-22-29-30-24(33(22)31-23)18-2-6-20(26)7-3-18/h2-11,16,19H,12-15H2,1H3,(H,28,34)/t16-/m0/s1. The average Bonchev–Trinajstić information content (AvgIpc) is 3.28. The van der Waals surface area contributed by atoms with Gasteiger partial charge in [-0.25, -0.2) is 4.39 Å². The second-order valence-electron chi connectivity index (χ2n) is 8.54. The third kappa shape index (κ3) is 4.59. The van der Waals surface area contributed by atoms with Crippen molar-refractivity contribution in [3.63, 3.8) is 0 Å². The van der Waals surface area contributed by atoms with Crippen LogP contribution >= 0.6 is 11.6 Å². The molecule has 174 valence electrons. The topological polar surface area (TPSA) is 75.4 Å². The molecular weight excluding hydrogens is 455 g/mol. The van der Waals surface area contributed by atoms with E-state index in [1.807, 2.05) is 43.3 Å². The molecule has 0 unspecified atom stereocenters. The second kappa shape index (κ2) is 9.38. The zero-order valence-corrected chi connectivity index (χ0v) is 19.4. The lowest BCUT2D eigenvalue weighted by Gasteiger charge is -2.32. The molecule has 0 bridgehead atoms. The average molecular weight is 479 g/mol. The van der Waals surface area contributed by atoms with E-state index in [1.54, 1.807) is 16.6 Å². The van der Waals surface area contributed by atoms with Gasteiger partial charge in [0, 0.05) is 29.6 Å². The first-order valence-corrected chi connectivity index (χ1v) is 11.6. The van der Waals surface area contributed by atoms with Gasteiger partial charge in [0.05, 0.1) is 6.04 Å². The van der Waals surface area contributed by atoms with Gasteiger partial charge in [-0.05, 0) is 73.9 Å². The number of piperidine rings is 1. The fraction of sp³-hybridized carbons (Fsp3) is 0.280. The lowest BCUT2D eigenvalue weighted by Crippen LogP contribution is -2.41. The van der Waals surface area contributed by atoms with E-state index in [2.05, 4.69) is 20.4 Å². The van der Waals surface area contributed by atoms with Crippen LogP contribution in [-0.2, 0) is 4.79 Å². The number of rotatable bonds is 5. The first-order valence-electron chi connectivity index (χ1n) is 11.3. The number of anilines is 1. The van der Waals surface area contributed by atoms with Crippen molar-refractivity contribution in [1.82, 2.24) is 25.1 Å². The molecule has 9 heteroatoms. The van der Waals surface area contributed by atoms with Gasteiger partial charge in [0.2, 0.25) is 5.91 Å². The Bertz CT molecular complexity index is 1300. The van der Waals surface area contributed by atoms with Crippen LogP contribution < -0.4 is 10.2 Å². The van der Waals surface area contributed by atoms with Gasteiger partial charge in [-0.15, -0.1) is 15.3 Å². The Labute approximate surface area is 201 Å². The van der Waals surface area contributed by atoms with E-state index in [1.165, 1.54) is 12.1 Å². The van der Waals surface area contributed by atoms with E-state index in [4.69, 9.17) is 16.7 Å². The van der Waals surface area contributed by atoms with E-state index in [0.717, 1.165) is 42.9 Å². The fourth-order valence-electron chi connectivity index (χ4n) is 4.26. The summed E-state index contributed by atoms with van der Waals surface area (Å²) >= 11 is 6.01. The molecule has 1 N–H and O–H groups in total. The zero-order valence-electron chi connectivity index (χ0n) is 18.7. The molecule has 7 nitrogen and oxygen atoms in total. The highest BCUT2D eigenvalue weighted by atomic mass is 35.5. The molecular formula is C25H24ClFN6O. The minimum Gasteiger partial charge on any atom is -0.355 e. The van der Waals surface area contributed by atoms with Crippen LogP contribution in [0.25, 0.3) is 17.0 Å². The number of carbonyl (C=O) groups excluding carboxylic acids is 1. The summed E-state index contributed by atoms with van der Waals surface area (Å²) in [5.41, 5.74) is 2.43. The molecule has 0 saturated carbocycles. The normalized spacial score (nSPS) is 15.4. The first kappa shape index (κ1) is 22.3. The number of carbonyl (C=O) groups is 1. The molecule has 1 atom stereocenters. The van der Waals surface area contributed by atoms with Crippen molar-refractivity contribution in [2.24, 2.45) is 5.92 Å². The van der Waals surface area contributed by atoms with Crippen molar-refractivity contribution >= 4 is 29.0 Å². The number of amides is 1. The SMILES string of the molecule is C[C@H](NC(=O)C1CCN(c2ccc3nnc(-c4ccc(Cl)cc4)n3n2)CC1)c1ccc(F)cc1.